The zero-order valence-corrected chi connectivity index (χ0v) is 25.9. The van der Waals surface area contributed by atoms with E-state index in [2.05, 4.69) is 26.8 Å². The Morgan fingerprint density at radius 2 is 1.35 bits per heavy atom. The summed E-state index contributed by atoms with van der Waals surface area (Å²) in [5, 5.41) is 1.27. The van der Waals surface area contributed by atoms with Gasteiger partial charge in [-0.2, -0.15) is 0 Å². The lowest BCUT2D eigenvalue weighted by Gasteiger charge is -2.47. The lowest BCUT2D eigenvalue weighted by Crippen LogP contribution is -2.38. The molecule has 0 saturated carbocycles. The standard InChI is InChI=1S/C34H38O9/c1-9-41-33(29-25(40-8)16-23(38-6)20-11-13-27(36)43-32(20)29)30-21(14-18(2)17-34(30,3)4)28-24(39-7)15-22(37-5)19-10-12-26(35)42-31(19)28/h10-16,21,30,33H,9,17H2,1-8H3/t21-,30+,33+/m1/s1. The van der Waals surface area contributed by atoms with E-state index in [4.69, 9.17) is 32.5 Å². The molecular formula is C34H38O9. The van der Waals surface area contributed by atoms with Crippen LogP contribution in [0.5, 0.6) is 23.0 Å². The fraction of sp³-hybridized carbons (Fsp3) is 0.412. The second kappa shape index (κ2) is 11.8. The first-order valence-electron chi connectivity index (χ1n) is 14.2. The van der Waals surface area contributed by atoms with Crippen molar-refractivity contribution in [2.24, 2.45) is 11.3 Å². The molecule has 0 unspecified atom stereocenters. The summed E-state index contributed by atoms with van der Waals surface area (Å²) in [6, 6.07) is 9.75. The number of hydrogen-bond acceptors (Lipinski definition) is 9. The molecule has 0 saturated heterocycles. The van der Waals surface area contributed by atoms with E-state index in [1.807, 2.05) is 13.0 Å². The highest BCUT2D eigenvalue weighted by atomic mass is 16.5. The van der Waals surface area contributed by atoms with E-state index in [1.165, 1.54) is 17.7 Å². The summed E-state index contributed by atoms with van der Waals surface area (Å²) in [6.07, 6.45) is 2.34. The van der Waals surface area contributed by atoms with Crippen LogP contribution < -0.4 is 30.2 Å². The van der Waals surface area contributed by atoms with Crippen molar-refractivity contribution in [3.8, 4) is 23.0 Å². The van der Waals surface area contributed by atoms with Crippen molar-refractivity contribution in [2.45, 2.75) is 46.1 Å². The summed E-state index contributed by atoms with van der Waals surface area (Å²) < 4.78 is 41.6. The normalized spacial score (nSPS) is 18.7. The zero-order valence-electron chi connectivity index (χ0n) is 25.9. The Morgan fingerprint density at radius 3 is 1.91 bits per heavy atom. The van der Waals surface area contributed by atoms with Crippen molar-refractivity contribution < 1.29 is 32.5 Å². The van der Waals surface area contributed by atoms with Crippen LogP contribution in [0, 0.1) is 11.3 Å². The number of rotatable bonds is 9. The van der Waals surface area contributed by atoms with Crippen molar-refractivity contribution in [1.82, 2.24) is 0 Å². The van der Waals surface area contributed by atoms with Crippen LogP contribution >= 0.6 is 0 Å². The van der Waals surface area contributed by atoms with E-state index in [1.54, 1.807) is 46.6 Å². The predicted molar refractivity (Wildman–Crippen MR) is 164 cm³/mol. The summed E-state index contributed by atoms with van der Waals surface area (Å²) >= 11 is 0. The molecule has 4 aromatic rings. The molecular weight excluding hydrogens is 552 g/mol. The van der Waals surface area contributed by atoms with Gasteiger partial charge in [0.05, 0.1) is 50.9 Å². The van der Waals surface area contributed by atoms with Gasteiger partial charge >= 0.3 is 11.3 Å². The Morgan fingerprint density at radius 1 is 0.814 bits per heavy atom. The van der Waals surface area contributed by atoms with Gasteiger partial charge in [-0.15, -0.1) is 0 Å². The van der Waals surface area contributed by atoms with Crippen LogP contribution in [-0.4, -0.2) is 35.0 Å². The van der Waals surface area contributed by atoms with Crippen molar-refractivity contribution in [1.29, 1.82) is 0 Å². The number of fused-ring (bicyclic) bond motifs is 2. The van der Waals surface area contributed by atoms with Gasteiger partial charge in [-0.25, -0.2) is 9.59 Å². The summed E-state index contributed by atoms with van der Waals surface area (Å²) in [6.45, 7) is 8.77. The smallest absolute Gasteiger partial charge is 0.336 e. The summed E-state index contributed by atoms with van der Waals surface area (Å²) in [4.78, 5) is 25.2. The average Bonchev–Trinajstić information content (AvgIpc) is 2.97. The molecule has 43 heavy (non-hydrogen) atoms. The number of allylic oxidation sites excluding steroid dienone is 2. The van der Waals surface area contributed by atoms with E-state index < -0.39 is 17.4 Å². The monoisotopic (exact) mass is 590 g/mol. The topological polar surface area (TPSA) is 107 Å². The Balaban J connectivity index is 1.89. The molecule has 0 fully saturated rings. The van der Waals surface area contributed by atoms with Gasteiger partial charge in [-0.05, 0) is 37.8 Å². The van der Waals surface area contributed by atoms with E-state index in [0.29, 0.717) is 62.7 Å². The van der Waals surface area contributed by atoms with Crippen LogP contribution in [0.15, 0.2) is 66.5 Å². The molecule has 1 aliphatic rings. The van der Waals surface area contributed by atoms with Crippen LogP contribution in [0.25, 0.3) is 21.9 Å². The highest BCUT2D eigenvalue weighted by molar-refractivity contribution is 5.90. The lowest BCUT2D eigenvalue weighted by atomic mass is 9.59. The highest BCUT2D eigenvalue weighted by Crippen LogP contribution is 2.58. The van der Waals surface area contributed by atoms with E-state index in [0.717, 1.165) is 6.42 Å². The van der Waals surface area contributed by atoms with Gasteiger partial charge in [0.1, 0.15) is 28.6 Å². The Kier molecular flexibility index (Phi) is 8.29. The maximum atomic E-state index is 12.6. The lowest BCUT2D eigenvalue weighted by molar-refractivity contribution is -0.0371. The van der Waals surface area contributed by atoms with Gasteiger partial charge in [-0.3, -0.25) is 0 Å². The molecule has 0 amide bonds. The third-order valence-electron chi connectivity index (χ3n) is 8.40. The van der Waals surface area contributed by atoms with E-state index >= 15 is 0 Å². The first kappa shape index (κ1) is 30.2. The molecule has 1 aliphatic carbocycles. The molecule has 228 valence electrons. The summed E-state index contributed by atoms with van der Waals surface area (Å²) in [5.74, 6) is 1.39. The van der Waals surface area contributed by atoms with Crippen LogP contribution in [0.2, 0.25) is 0 Å². The molecule has 2 heterocycles. The van der Waals surface area contributed by atoms with E-state index in [-0.39, 0.29) is 17.3 Å². The van der Waals surface area contributed by atoms with Crippen LogP contribution in [-0.2, 0) is 4.74 Å². The maximum absolute atomic E-state index is 12.6. The van der Waals surface area contributed by atoms with Crippen molar-refractivity contribution in [2.75, 3.05) is 35.0 Å². The zero-order chi connectivity index (χ0) is 31.1. The minimum atomic E-state index is -0.624. The summed E-state index contributed by atoms with van der Waals surface area (Å²) in [5.41, 5.74) is 1.85. The van der Waals surface area contributed by atoms with Gasteiger partial charge in [0, 0.05) is 48.3 Å². The largest absolute Gasteiger partial charge is 0.496 e. The van der Waals surface area contributed by atoms with Gasteiger partial charge in [0.15, 0.2) is 5.58 Å². The Labute approximate surface area is 249 Å². The predicted octanol–water partition coefficient (Wildman–Crippen LogP) is 6.79. The van der Waals surface area contributed by atoms with Crippen LogP contribution in [0.4, 0.5) is 0 Å². The molecule has 0 N–H and O–H groups in total. The third-order valence-corrected chi connectivity index (χ3v) is 8.40. The van der Waals surface area contributed by atoms with Gasteiger partial charge in [0.2, 0.25) is 0 Å². The van der Waals surface area contributed by atoms with Gasteiger partial charge in [0.25, 0.3) is 0 Å². The molecule has 0 aliphatic heterocycles. The fourth-order valence-electron chi connectivity index (χ4n) is 6.85. The molecule has 0 spiro atoms. The molecule has 9 heteroatoms. The second-order valence-electron chi connectivity index (χ2n) is 11.5. The number of methoxy groups -OCH3 is 4. The van der Waals surface area contributed by atoms with Crippen molar-refractivity contribution in [3.63, 3.8) is 0 Å². The number of ether oxygens (including phenoxy) is 5. The molecule has 0 radical (unpaired) electrons. The van der Waals surface area contributed by atoms with Crippen molar-refractivity contribution in [3.05, 3.63) is 80.0 Å². The van der Waals surface area contributed by atoms with Gasteiger partial charge < -0.3 is 32.5 Å². The molecule has 2 aromatic carbocycles. The molecule has 9 nitrogen and oxygen atoms in total. The molecule has 3 atom stereocenters. The Bertz CT molecular complexity index is 1810. The van der Waals surface area contributed by atoms with Crippen LogP contribution in [0.3, 0.4) is 0 Å². The van der Waals surface area contributed by atoms with E-state index in [9.17, 15) is 9.59 Å². The SMILES string of the molecule is CCO[C@@H](c1c(OC)cc(OC)c2ccc(=O)oc12)[C@@H]1[C@@H](c2c(OC)cc(OC)c3ccc(=O)oc23)C=C(C)CC1(C)C. The molecule has 2 aromatic heterocycles. The summed E-state index contributed by atoms with van der Waals surface area (Å²) in [7, 11) is 6.27. The first-order valence-corrected chi connectivity index (χ1v) is 14.2. The number of benzene rings is 2. The number of hydrogen-bond donors (Lipinski definition) is 0. The van der Waals surface area contributed by atoms with Gasteiger partial charge in [-0.1, -0.05) is 25.5 Å². The second-order valence-corrected chi connectivity index (χ2v) is 11.5. The highest BCUT2D eigenvalue weighted by Gasteiger charge is 2.48. The first-order chi connectivity index (χ1) is 20.6. The van der Waals surface area contributed by atoms with Crippen molar-refractivity contribution >= 4 is 21.9 Å². The third kappa shape index (κ3) is 5.27. The molecule has 5 rings (SSSR count). The molecule has 0 bridgehead atoms. The average molecular weight is 591 g/mol. The maximum Gasteiger partial charge on any atom is 0.336 e. The quantitative estimate of drug-likeness (QED) is 0.154. The fourth-order valence-corrected chi connectivity index (χ4v) is 6.85. The minimum Gasteiger partial charge on any atom is -0.496 e. The Hall–Kier alpha value is -4.24. The van der Waals surface area contributed by atoms with Crippen LogP contribution in [0.1, 0.15) is 57.3 Å². The minimum absolute atomic E-state index is 0.275.